The van der Waals surface area contributed by atoms with E-state index in [0.717, 1.165) is 36.1 Å². The van der Waals surface area contributed by atoms with Gasteiger partial charge in [-0.05, 0) is 50.3 Å². The zero-order valence-electron chi connectivity index (χ0n) is 13.4. The lowest BCUT2D eigenvalue weighted by atomic mass is 9.85. The maximum atomic E-state index is 12.0. The Bertz CT molecular complexity index is 601. The Labute approximate surface area is 131 Å². The van der Waals surface area contributed by atoms with Crippen molar-refractivity contribution >= 4 is 17.5 Å². The van der Waals surface area contributed by atoms with Gasteiger partial charge in [-0.2, -0.15) is 0 Å². The van der Waals surface area contributed by atoms with Crippen molar-refractivity contribution in [2.45, 2.75) is 51.4 Å². The fourth-order valence-corrected chi connectivity index (χ4v) is 3.44. The number of carbonyl (C=O) groups is 2. The number of nitrogens with one attached hydrogen (secondary N) is 2. The zero-order valence-corrected chi connectivity index (χ0v) is 13.4. The van der Waals surface area contributed by atoms with E-state index in [-0.39, 0.29) is 17.7 Å². The molecule has 1 heterocycles. The molecule has 0 spiro atoms. The van der Waals surface area contributed by atoms with Crippen LogP contribution in [0.4, 0.5) is 5.69 Å². The molecular formula is C18H24N2O2. The average molecular weight is 300 g/mol. The Morgan fingerprint density at radius 3 is 2.77 bits per heavy atom. The van der Waals surface area contributed by atoms with E-state index in [9.17, 15) is 9.59 Å². The van der Waals surface area contributed by atoms with Gasteiger partial charge in [0, 0.05) is 18.2 Å². The first-order chi connectivity index (χ1) is 10.5. The minimum absolute atomic E-state index is 0.0502. The summed E-state index contributed by atoms with van der Waals surface area (Å²) in [5.41, 5.74) is 2.65. The number of anilines is 1. The molecule has 2 N–H and O–H groups in total. The summed E-state index contributed by atoms with van der Waals surface area (Å²) in [7, 11) is 0. The van der Waals surface area contributed by atoms with Crippen molar-refractivity contribution in [2.24, 2.45) is 5.92 Å². The van der Waals surface area contributed by atoms with E-state index in [1.807, 2.05) is 26.0 Å². The van der Waals surface area contributed by atoms with E-state index >= 15 is 0 Å². The van der Waals surface area contributed by atoms with Gasteiger partial charge >= 0.3 is 0 Å². The van der Waals surface area contributed by atoms with Crippen LogP contribution in [0.2, 0.25) is 0 Å². The number of amides is 2. The van der Waals surface area contributed by atoms with Gasteiger partial charge in [0.05, 0.1) is 5.41 Å². The first-order valence-corrected chi connectivity index (χ1v) is 8.21. The molecule has 1 aliphatic heterocycles. The van der Waals surface area contributed by atoms with Gasteiger partial charge in [-0.15, -0.1) is 0 Å². The molecule has 4 heteroatoms. The third kappa shape index (κ3) is 2.74. The molecule has 2 aliphatic rings. The van der Waals surface area contributed by atoms with Crippen LogP contribution in [0.5, 0.6) is 0 Å². The van der Waals surface area contributed by atoms with Gasteiger partial charge in [-0.25, -0.2) is 0 Å². The summed E-state index contributed by atoms with van der Waals surface area (Å²) in [6, 6.07) is 6.09. The lowest BCUT2D eigenvalue weighted by Crippen LogP contribution is -2.31. The van der Waals surface area contributed by atoms with Crippen molar-refractivity contribution in [3.8, 4) is 0 Å². The highest BCUT2D eigenvalue weighted by Gasteiger charge is 2.38. The molecule has 3 rings (SSSR count). The molecular weight excluding hydrogens is 276 g/mol. The first-order valence-electron chi connectivity index (χ1n) is 8.21. The van der Waals surface area contributed by atoms with Crippen LogP contribution in [0, 0.1) is 5.92 Å². The third-order valence-electron chi connectivity index (χ3n) is 5.01. The Morgan fingerprint density at radius 1 is 1.32 bits per heavy atom. The second-order valence-corrected chi connectivity index (χ2v) is 6.98. The lowest BCUT2D eigenvalue weighted by molar-refractivity contribution is -0.124. The number of benzene rings is 1. The van der Waals surface area contributed by atoms with E-state index in [4.69, 9.17) is 0 Å². The van der Waals surface area contributed by atoms with Crippen LogP contribution < -0.4 is 10.6 Å². The van der Waals surface area contributed by atoms with Crippen LogP contribution in [-0.2, 0) is 21.4 Å². The predicted molar refractivity (Wildman–Crippen MR) is 86.8 cm³/mol. The SMILES string of the molecule is CC1(C)C(=O)Nc2ccc(CCNC(=O)C3CCCC3)cc21. The van der Waals surface area contributed by atoms with E-state index in [0.29, 0.717) is 6.54 Å². The number of fused-ring (bicyclic) bond motifs is 1. The second-order valence-electron chi connectivity index (χ2n) is 6.98. The summed E-state index contributed by atoms with van der Waals surface area (Å²) < 4.78 is 0. The van der Waals surface area contributed by atoms with Crippen molar-refractivity contribution in [3.05, 3.63) is 29.3 Å². The molecule has 1 fully saturated rings. The van der Waals surface area contributed by atoms with Crippen LogP contribution in [0.25, 0.3) is 0 Å². The van der Waals surface area contributed by atoms with E-state index in [1.54, 1.807) is 0 Å². The summed E-state index contributed by atoms with van der Waals surface area (Å²) >= 11 is 0. The van der Waals surface area contributed by atoms with Crippen molar-refractivity contribution in [1.29, 1.82) is 0 Å². The van der Waals surface area contributed by atoms with Gasteiger partial charge in [-0.1, -0.05) is 25.0 Å². The normalized spacial score (nSPS) is 19.8. The minimum atomic E-state index is -0.474. The molecule has 0 bridgehead atoms. The molecule has 118 valence electrons. The van der Waals surface area contributed by atoms with Gasteiger partial charge in [0.15, 0.2) is 0 Å². The highest BCUT2D eigenvalue weighted by molar-refractivity contribution is 6.05. The maximum absolute atomic E-state index is 12.0. The van der Waals surface area contributed by atoms with Gasteiger partial charge in [0.1, 0.15) is 0 Å². The summed E-state index contributed by atoms with van der Waals surface area (Å²) in [5, 5.41) is 5.97. The predicted octanol–water partition coefficient (Wildman–Crippen LogP) is 2.77. The number of carbonyl (C=O) groups excluding carboxylic acids is 2. The largest absolute Gasteiger partial charge is 0.356 e. The first kappa shape index (κ1) is 15.1. The highest BCUT2D eigenvalue weighted by atomic mass is 16.2. The number of hydrogen-bond donors (Lipinski definition) is 2. The molecule has 0 atom stereocenters. The maximum Gasteiger partial charge on any atom is 0.234 e. The Balaban J connectivity index is 1.59. The van der Waals surface area contributed by atoms with E-state index < -0.39 is 5.41 Å². The summed E-state index contributed by atoms with van der Waals surface area (Å²) in [6.07, 6.45) is 5.23. The Kier molecular flexibility index (Phi) is 3.94. The topological polar surface area (TPSA) is 58.2 Å². The molecule has 1 aromatic rings. The molecule has 4 nitrogen and oxygen atoms in total. The summed E-state index contributed by atoms with van der Waals surface area (Å²) in [4.78, 5) is 23.9. The monoisotopic (exact) mass is 300 g/mol. The molecule has 1 aliphatic carbocycles. The molecule has 0 saturated heterocycles. The molecule has 0 unspecified atom stereocenters. The van der Waals surface area contributed by atoms with Crippen LogP contribution in [0.15, 0.2) is 18.2 Å². The van der Waals surface area contributed by atoms with Crippen LogP contribution in [-0.4, -0.2) is 18.4 Å². The standard InChI is InChI=1S/C18H24N2O2/c1-18(2)14-11-12(7-8-15(14)20-17(18)22)9-10-19-16(21)13-5-3-4-6-13/h7-8,11,13H,3-6,9-10H2,1-2H3,(H,19,21)(H,20,22). The summed E-state index contributed by atoms with van der Waals surface area (Å²) in [6.45, 7) is 4.55. The van der Waals surface area contributed by atoms with Crippen molar-refractivity contribution < 1.29 is 9.59 Å². The third-order valence-corrected chi connectivity index (χ3v) is 5.01. The number of rotatable bonds is 4. The van der Waals surface area contributed by atoms with Crippen LogP contribution in [0.3, 0.4) is 0 Å². The van der Waals surface area contributed by atoms with Crippen LogP contribution in [0.1, 0.15) is 50.7 Å². The molecule has 0 radical (unpaired) electrons. The van der Waals surface area contributed by atoms with Crippen molar-refractivity contribution in [3.63, 3.8) is 0 Å². The van der Waals surface area contributed by atoms with Gasteiger partial charge in [-0.3, -0.25) is 9.59 Å². The smallest absolute Gasteiger partial charge is 0.234 e. The molecule has 2 amide bonds. The lowest BCUT2D eigenvalue weighted by Gasteiger charge is -2.16. The molecule has 1 saturated carbocycles. The fraction of sp³-hybridized carbons (Fsp3) is 0.556. The summed E-state index contributed by atoms with van der Waals surface area (Å²) in [5.74, 6) is 0.478. The molecule has 0 aromatic heterocycles. The van der Waals surface area contributed by atoms with Gasteiger partial charge < -0.3 is 10.6 Å². The molecule has 1 aromatic carbocycles. The average Bonchev–Trinajstić information content (AvgIpc) is 3.08. The fourth-order valence-electron chi connectivity index (χ4n) is 3.44. The van der Waals surface area contributed by atoms with Gasteiger partial charge in [0.25, 0.3) is 0 Å². The second kappa shape index (κ2) is 5.75. The van der Waals surface area contributed by atoms with E-state index in [1.165, 1.54) is 12.8 Å². The van der Waals surface area contributed by atoms with Crippen molar-refractivity contribution in [1.82, 2.24) is 5.32 Å². The highest BCUT2D eigenvalue weighted by Crippen LogP contribution is 2.37. The Morgan fingerprint density at radius 2 is 2.05 bits per heavy atom. The Hall–Kier alpha value is -1.84. The quantitative estimate of drug-likeness (QED) is 0.898. The van der Waals surface area contributed by atoms with Crippen LogP contribution >= 0.6 is 0 Å². The molecule has 22 heavy (non-hydrogen) atoms. The minimum Gasteiger partial charge on any atom is -0.356 e. The zero-order chi connectivity index (χ0) is 15.7. The van der Waals surface area contributed by atoms with Gasteiger partial charge in [0.2, 0.25) is 11.8 Å². The van der Waals surface area contributed by atoms with E-state index in [2.05, 4.69) is 16.7 Å². The van der Waals surface area contributed by atoms with Crippen molar-refractivity contribution in [2.75, 3.05) is 11.9 Å². The number of hydrogen-bond acceptors (Lipinski definition) is 2.